The zero-order chi connectivity index (χ0) is 69.2. The molecule has 0 atom stereocenters. The predicted molar refractivity (Wildman–Crippen MR) is 351 cm³/mol. The van der Waals surface area contributed by atoms with Gasteiger partial charge in [0, 0.05) is 78.0 Å². The quantitative estimate of drug-likeness (QED) is 0.142. The Bertz CT molecular complexity index is 4860. The van der Waals surface area contributed by atoms with Gasteiger partial charge < -0.3 is 19.1 Å². The van der Waals surface area contributed by atoms with E-state index in [1.807, 2.05) is 57.8 Å². The van der Waals surface area contributed by atoms with Gasteiger partial charge in [0.1, 0.15) is 5.82 Å². The molecule has 0 spiro atoms. The van der Waals surface area contributed by atoms with Crippen molar-refractivity contribution < 1.29 is 42.3 Å². The zero-order valence-corrected chi connectivity index (χ0v) is 53.5. The minimum atomic E-state index is -0.702. The van der Waals surface area contributed by atoms with Gasteiger partial charge in [-0.2, -0.15) is 12.1 Å². The summed E-state index contributed by atoms with van der Waals surface area (Å²) < 4.78 is 118. The molecule has 0 amide bonds. The summed E-state index contributed by atoms with van der Waals surface area (Å²) in [6.45, 7) is 36.5. The summed E-state index contributed by atoms with van der Waals surface area (Å²) in [7, 11) is 0. The molecule has 1 aliphatic heterocycles. The fourth-order valence-electron chi connectivity index (χ4n) is 11.9. The van der Waals surface area contributed by atoms with Crippen molar-refractivity contribution in [3.63, 3.8) is 0 Å². The number of benzene rings is 8. The molecule has 8 aromatic carbocycles. The second-order valence-corrected chi connectivity index (χ2v) is 28.0. The fourth-order valence-corrected chi connectivity index (χ4v) is 11.9. The van der Waals surface area contributed by atoms with E-state index in [4.69, 9.17) is 19.3 Å². The zero-order valence-electron chi connectivity index (χ0n) is 63.2. The van der Waals surface area contributed by atoms with Crippen LogP contribution in [-0.4, -0.2) is 9.55 Å². The Morgan fingerprint density at radius 3 is 1.86 bits per heavy atom. The number of fused-ring (bicyclic) bond motifs is 5. The Hall–Kier alpha value is -7.20. The number of pyridine rings is 1. The number of ether oxygens (including phenoxy) is 1. The largest absolute Gasteiger partial charge is 0.509 e. The van der Waals surface area contributed by atoms with Crippen molar-refractivity contribution in [2.24, 2.45) is 0 Å². The van der Waals surface area contributed by atoms with Crippen molar-refractivity contribution in [3.05, 3.63) is 222 Å². The minimum absolute atomic E-state index is 0. The Balaban J connectivity index is 0.00000936. The molecule has 0 bridgehead atoms. The van der Waals surface area contributed by atoms with Gasteiger partial charge in [0.15, 0.2) is 0 Å². The van der Waals surface area contributed by atoms with E-state index in [-0.39, 0.29) is 102 Å². The van der Waals surface area contributed by atoms with Crippen LogP contribution in [0.2, 0.25) is 0 Å². The van der Waals surface area contributed by atoms with Crippen molar-refractivity contribution in [2.75, 3.05) is 9.80 Å². The molecule has 3 heterocycles. The normalized spacial score (nSPS) is 17.0. The van der Waals surface area contributed by atoms with Crippen LogP contribution in [0, 0.1) is 18.8 Å². The molecule has 12 rings (SSSR count). The summed E-state index contributed by atoms with van der Waals surface area (Å²) in [5.41, 5.74) is 9.90. The Morgan fingerprint density at radius 2 is 1.17 bits per heavy atom. The molecule has 2 aromatic heterocycles. The van der Waals surface area contributed by atoms with E-state index >= 15 is 0 Å². The van der Waals surface area contributed by atoms with Crippen LogP contribution in [0.5, 0.6) is 11.5 Å². The maximum absolute atomic E-state index is 10.5. The van der Waals surface area contributed by atoms with Gasteiger partial charge in [-0.15, -0.1) is 48.1 Å². The van der Waals surface area contributed by atoms with Gasteiger partial charge in [-0.1, -0.05) is 213 Å². The molecule has 2 aliphatic rings. The first-order chi connectivity index (χ1) is 44.1. The van der Waals surface area contributed by atoms with Crippen molar-refractivity contribution >= 4 is 44.6 Å². The van der Waals surface area contributed by atoms with Crippen LogP contribution in [0.15, 0.2) is 170 Å². The monoisotopic (exact) mass is 1300 g/mol. The van der Waals surface area contributed by atoms with Gasteiger partial charge >= 0.3 is 0 Å². The van der Waals surface area contributed by atoms with E-state index in [0.29, 0.717) is 44.6 Å². The Kier molecular flexibility index (Phi) is 11.3. The molecule has 0 N–H and O–H groups in total. The molecular weight excluding hydrogens is 1200 g/mol. The summed E-state index contributed by atoms with van der Waals surface area (Å²) in [4.78, 5) is 9.10. The number of rotatable bonds is 8. The number of anilines is 4. The molecular formula is C78H81N4OPt-3. The summed E-state index contributed by atoms with van der Waals surface area (Å²) >= 11 is 0. The van der Waals surface area contributed by atoms with Crippen molar-refractivity contribution in [2.45, 2.75) is 156 Å². The first-order valence-electron chi connectivity index (χ1n) is 34.9. The molecule has 84 heavy (non-hydrogen) atoms. The van der Waals surface area contributed by atoms with E-state index < -0.39 is 51.9 Å². The summed E-state index contributed by atoms with van der Waals surface area (Å²) in [5.74, 6) is 0.780. The van der Waals surface area contributed by atoms with Crippen LogP contribution in [-0.2, 0) is 53.6 Å². The average Bonchev–Trinajstić information content (AvgIpc) is 0.906. The molecule has 1 aliphatic carbocycles. The van der Waals surface area contributed by atoms with Crippen LogP contribution in [0.1, 0.15) is 173 Å². The summed E-state index contributed by atoms with van der Waals surface area (Å²) in [6, 6.07) is 33.9. The standard InChI is InChI=1S/C78H81N4O.Pt/c1-73(2,3)52-34-36-57(64(44-52)75(7,8)9)61-43-53(74(4,5)6)42-60(51-33-38-63-66(41-51)78(15,16)40-39-77(63,13)14)72(61)81-49-80(68-31-22-23-32-69(68)81)54-27-24-28-55(45-54)83-56-35-37-59-58-29-20-21-30-67(58)82(70(59)46-56)71-47-65(76(10,11)12)62(48-79-71)50-25-18-17-19-26-50;/h17-38,41-44,47-49H,39-40H2,1-16H3;/q-3;/i17D,18D,19D,20D,21D,25D,26D,29D,30D,33D,38D,41D;. The van der Waals surface area contributed by atoms with Crippen molar-refractivity contribution in [3.8, 4) is 50.7 Å². The van der Waals surface area contributed by atoms with Crippen LogP contribution >= 0.6 is 0 Å². The molecule has 0 saturated carbocycles. The van der Waals surface area contributed by atoms with E-state index in [1.165, 1.54) is 11.8 Å². The maximum atomic E-state index is 10.5. The van der Waals surface area contributed by atoms with E-state index in [0.717, 1.165) is 63.3 Å². The van der Waals surface area contributed by atoms with Crippen LogP contribution in [0.3, 0.4) is 0 Å². The van der Waals surface area contributed by atoms with Gasteiger partial charge in [-0.25, -0.2) is 4.98 Å². The first-order valence-corrected chi connectivity index (χ1v) is 28.9. The molecule has 0 fully saturated rings. The predicted octanol–water partition coefficient (Wildman–Crippen LogP) is 21.5. The third-order valence-corrected chi connectivity index (χ3v) is 16.9. The van der Waals surface area contributed by atoms with Crippen LogP contribution in [0.4, 0.5) is 22.7 Å². The molecule has 0 unspecified atom stereocenters. The number of aromatic nitrogens is 2. The van der Waals surface area contributed by atoms with Crippen LogP contribution in [0.25, 0.3) is 61.0 Å². The third kappa shape index (κ3) is 10.6. The molecule has 6 heteroatoms. The first kappa shape index (κ1) is 45.2. The van der Waals surface area contributed by atoms with Crippen molar-refractivity contribution in [1.82, 2.24) is 9.55 Å². The summed E-state index contributed by atoms with van der Waals surface area (Å²) in [5, 5.41) is 0.678. The second-order valence-electron chi connectivity index (χ2n) is 28.0. The molecule has 10 aromatic rings. The molecule has 0 saturated heterocycles. The number of nitrogens with zero attached hydrogens (tertiary/aromatic N) is 4. The minimum Gasteiger partial charge on any atom is -0.509 e. The smallest absolute Gasteiger partial charge is 0.135 e. The van der Waals surface area contributed by atoms with E-state index in [9.17, 15) is 6.85 Å². The van der Waals surface area contributed by atoms with E-state index in [2.05, 4.69) is 148 Å². The number of hydrogen-bond donors (Lipinski definition) is 0. The van der Waals surface area contributed by atoms with Crippen molar-refractivity contribution in [1.29, 1.82) is 0 Å². The van der Waals surface area contributed by atoms with Gasteiger partial charge in [0.2, 0.25) is 0 Å². The molecule has 0 radical (unpaired) electrons. The SMILES string of the molecule is [2H]c1c([2H])c([2H])c(-c2cnc(-n3c4[c-]c(Oc5[c-]c(N6[CH-]N(c7c(-c8ccc(C(C)(C)C)cc8C(C)(C)C)cc(C(C)(C)C)cc7-c7c([2H])c([2H])c8c(c7[2H])C(C)(C)CCC8(C)C)c7ccccc76)ccc5)ccc4c4c([2H])c([2H])c([2H])c([2H])c43)cc2C(C)(C)C)c([2H])c1[2H].[Pt]. The van der Waals surface area contributed by atoms with Gasteiger partial charge in [-0.3, -0.25) is 0 Å². The van der Waals surface area contributed by atoms with Gasteiger partial charge in [0.25, 0.3) is 0 Å². The Morgan fingerprint density at radius 1 is 0.536 bits per heavy atom. The molecule has 5 nitrogen and oxygen atoms in total. The molecule has 432 valence electrons. The van der Waals surface area contributed by atoms with Gasteiger partial charge in [-0.05, 0) is 137 Å². The third-order valence-electron chi connectivity index (χ3n) is 16.9. The van der Waals surface area contributed by atoms with Gasteiger partial charge in [0.05, 0.1) is 16.4 Å². The maximum Gasteiger partial charge on any atom is 0.135 e. The topological polar surface area (TPSA) is 33.5 Å². The van der Waals surface area contributed by atoms with Crippen LogP contribution < -0.4 is 14.5 Å². The number of hydrogen-bond acceptors (Lipinski definition) is 4. The fraction of sp³-hybridized carbons (Fsp3) is 0.308. The van der Waals surface area contributed by atoms with E-state index in [1.54, 1.807) is 28.8 Å². The average molecular weight is 1300 g/mol. The Labute approximate surface area is 532 Å². The second kappa shape index (κ2) is 21.1. The number of para-hydroxylation sites is 3. The summed E-state index contributed by atoms with van der Waals surface area (Å²) in [6.07, 6.45) is 3.12.